The Labute approximate surface area is 122 Å². The molecule has 0 amide bonds. The van der Waals surface area contributed by atoms with E-state index >= 15 is 0 Å². The van der Waals surface area contributed by atoms with Crippen molar-refractivity contribution in [2.24, 2.45) is 0 Å². The highest BCUT2D eigenvalue weighted by molar-refractivity contribution is 5.29. The third kappa shape index (κ3) is 3.74. The molecule has 2 atom stereocenters. The van der Waals surface area contributed by atoms with Gasteiger partial charge in [-0.05, 0) is 56.8 Å². The Kier molecular flexibility index (Phi) is 5.44. The molecule has 1 N–H and O–H groups in total. The maximum Gasteiger partial charge on any atom is 0.119 e. The zero-order valence-electron chi connectivity index (χ0n) is 12.9. The highest BCUT2D eigenvalue weighted by atomic mass is 16.5. The van der Waals surface area contributed by atoms with E-state index in [1.165, 1.54) is 12.0 Å². The van der Waals surface area contributed by atoms with Gasteiger partial charge in [-0.3, -0.25) is 0 Å². The molecule has 3 nitrogen and oxygen atoms in total. The van der Waals surface area contributed by atoms with Crippen LogP contribution in [-0.2, 0) is 11.2 Å². The molecule has 0 aliphatic carbocycles. The molecule has 0 spiro atoms. The molecule has 20 heavy (non-hydrogen) atoms. The number of benzene rings is 1. The average Bonchev–Trinajstić information content (AvgIpc) is 2.91. The molecular formula is C17H27NO2. The molecule has 1 aromatic rings. The first-order chi connectivity index (χ1) is 9.68. The van der Waals surface area contributed by atoms with Gasteiger partial charge in [0.05, 0.1) is 12.7 Å². The van der Waals surface area contributed by atoms with Gasteiger partial charge in [0.1, 0.15) is 5.75 Å². The first-order valence-corrected chi connectivity index (χ1v) is 7.68. The molecule has 0 radical (unpaired) electrons. The summed E-state index contributed by atoms with van der Waals surface area (Å²) < 4.78 is 11.4. The Morgan fingerprint density at radius 3 is 2.95 bits per heavy atom. The SMILES string of the molecule is CCCNC(Cc1cccc(OC)c1)C1(C)CCCO1. The van der Waals surface area contributed by atoms with Crippen molar-refractivity contribution in [3.63, 3.8) is 0 Å². The summed E-state index contributed by atoms with van der Waals surface area (Å²) >= 11 is 0. The highest BCUT2D eigenvalue weighted by Gasteiger charge is 2.37. The number of hydrogen-bond donors (Lipinski definition) is 1. The number of hydrogen-bond acceptors (Lipinski definition) is 3. The van der Waals surface area contributed by atoms with E-state index in [1.54, 1.807) is 7.11 Å². The van der Waals surface area contributed by atoms with E-state index < -0.39 is 0 Å². The topological polar surface area (TPSA) is 30.5 Å². The molecule has 1 aromatic carbocycles. The van der Waals surface area contributed by atoms with E-state index in [1.807, 2.05) is 6.07 Å². The molecule has 0 saturated carbocycles. The van der Waals surface area contributed by atoms with Gasteiger partial charge in [-0.1, -0.05) is 19.1 Å². The predicted molar refractivity (Wildman–Crippen MR) is 82.4 cm³/mol. The fourth-order valence-corrected chi connectivity index (χ4v) is 2.93. The fourth-order valence-electron chi connectivity index (χ4n) is 2.93. The van der Waals surface area contributed by atoms with Gasteiger partial charge in [0.25, 0.3) is 0 Å². The summed E-state index contributed by atoms with van der Waals surface area (Å²) in [6, 6.07) is 8.70. The highest BCUT2D eigenvalue weighted by Crippen LogP contribution is 2.30. The van der Waals surface area contributed by atoms with Gasteiger partial charge in [-0.2, -0.15) is 0 Å². The van der Waals surface area contributed by atoms with Gasteiger partial charge in [0.2, 0.25) is 0 Å². The number of ether oxygens (including phenoxy) is 2. The number of nitrogens with one attached hydrogen (secondary N) is 1. The van der Waals surface area contributed by atoms with Crippen LogP contribution in [0.2, 0.25) is 0 Å². The van der Waals surface area contributed by atoms with Crippen molar-refractivity contribution in [1.29, 1.82) is 0 Å². The van der Waals surface area contributed by atoms with Crippen LogP contribution in [0.1, 0.15) is 38.7 Å². The molecule has 112 valence electrons. The molecule has 0 bridgehead atoms. The van der Waals surface area contributed by atoms with Crippen molar-refractivity contribution in [3.05, 3.63) is 29.8 Å². The Bertz CT molecular complexity index is 413. The quantitative estimate of drug-likeness (QED) is 0.830. The number of rotatable bonds is 7. The van der Waals surface area contributed by atoms with Gasteiger partial charge in [0.15, 0.2) is 0 Å². The van der Waals surface area contributed by atoms with Gasteiger partial charge in [-0.15, -0.1) is 0 Å². The maximum absolute atomic E-state index is 6.03. The Morgan fingerprint density at radius 2 is 2.30 bits per heavy atom. The summed E-state index contributed by atoms with van der Waals surface area (Å²) in [6.45, 7) is 6.37. The second-order valence-corrected chi connectivity index (χ2v) is 5.83. The molecule has 3 heteroatoms. The molecular weight excluding hydrogens is 250 g/mol. The predicted octanol–water partition coefficient (Wildman–Crippen LogP) is 3.18. The summed E-state index contributed by atoms with van der Waals surface area (Å²) in [5.74, 6) is 0.925. The van der Waals surface area contributed by atoms with Gasteiger partial charge in [0, 0.05) is 12.6 Å². The van der Waals surface area contributed by atoms with E-state index in [0.29, 0.717) is 6.04 Å². The lowest BCUT2D eigenvalue weighted by Crippen LogP contribution is -2.50. The summed E-state index contributed by atoms with van der Waals surface area (Å²) in [5, 5.41) is 3.67. The monoisotopic (exact) mass is 277 g/mol. The van der Waals surface area contributed by atoms with Crippen molar-refractivity contribution in [2.45, 2.75) is 51.2 Å². The van der Waals surface area contributed by atoms with Crippen LogP contribution in [0.4, 0.5) is 0 Å². The molecule has 1 fully saturated rings. The molecule has 1 heterocycles. The van der Waals surface area contributed by atoms with Gasteiger partial charge >= 0.3 is 0 Å². The lowest BCUT2D eigenvalue weighted by atomic mass is 9.88. The van der Waals surface area contributed by atoms with Crippen molar-refractivity contribution >= 4 is 0 Å². The second kappa shape index (κ2) is 7.09. The van der Waals surface area contributed by atoms with Crippen LogP contribution < -0.4 is 10.1 Å². The van der Waals surface area contributed by atoms with Gasteiger partial charge < -0.3 is 14.8 Å². The van der Waals surface area contributed by atoms with Crippen LogP contribution >= 0.6 is 0 Å². The van der Waals surface area contributed by atoms with Crippen molar-refractivity contribution in [1.82, 2.24) is 5.32 Å². The zero-order chi connectivity index (χ0) is 14.4. The van der Waals surface area contributed by atoms with Gasteiger partial charge in [-0.25, -0.2) is 0 Å². The third-order valence-corrected chi connectivity index (χ3v) is 4.20. The largest absolute Gasteiger partial charge is 0.497 e. The average molecular weight is 277 g/mol. The Morgan fingerprint density at radius 1 is 1.45 bits per heavy atom. The lowest BCUT2D eigenvalue weighted by Gasteiger charge is -2.34. The van der Waals surface area contributed by atoms with Crippen LogP contribution in [0, 0.1) is 0 Å². The van der Waals surface area contributed by atoms with Crippen molar-refractivity contribution in [2.75, 3.05) is 20.3 Å². The first kappa shape index (κ1) is 15.3. The van der Waals surface area contributed by atoms with E-state index in [-0.39, 0.29) is 5.60 Å². The summed E-state index contributed by atoms with van der Waals surface area (Å²) in [5.41, 5.74) is 1.26. The maximum atomic E-state index is 6.03. The molecule has 2 unspecified atom stereocenters. The summed E-state index contributed by atoms with van der Waals surface area (Å²) in [7, 11) is 1.72. The molecule has 1 saturated heterocycles. The van der Waals surface area contributed by atoms with E-state index in [9.17, 15) is 0 Å². The second-order valence-electron chi connectivity index (χ2n) is 5.83. The minimum absolute atomic E-state index is 0.0434. The lowest BCUT2D eigenvalue weighted by molar-refractivity contribution is -0.0114. The van der Waals surface area contributed by atoms with Crippen molar-refractivity contribution in [3.8, 4) is 5.75 Å². The van der Waals surface area contributed by atoms with E-state index in [0.717, 1.165) is 38.2 Å². The molecule has 1 aliphatic heterocycles. The smallest absolute Gasteiger partial charge is 0.119 e. The minimum atomic E-state index is -0.0434. The van der Waals surface area contributed by atoms with Crippen LogP contribution in [0.15, 0.2) is 24.3 Å². The third-order valence-electron chi connectivity index (χ3n) is 4.20. The van der Waals surface area contributed by atoms with Crippen molar-refractivity contribution < 1.29 is 9.47 Å². The summed E-state index contributed by atoms with van der Waals surface area (Å²) in [4.78, 5) is 0. The Hall–Kier alpha value is -1.06. The minimum Gasteiger partial charge on any atom is -0.497 e. The molecule has 0 aromatic heterocycles. The summed E-state index contributed by atoms with van der Waals surface area (Å²) in [6.07, 6.45) is 4.43. The molecule has 2 rings (SSSR count). The normalized spacial score (nSPS) is 23.8. The van der Waals surface area contributed by atoms with E-state index in [4.69, 9.17) is 9.47 Å². The molecule has 1 aliphatic rings. The van der Waals surface area contributed by atoms with Crippen LogP contribution in [0.25, 0.3) is 0 Å². The number of methoxy groups -OCH3 is 1. The fraction of sp³-hybridized carbons (Fsp3) is 0.647. The zero-order valence-corrected chi connectivity index (χ0v) is 12.9. The van der Waals surface area contributed by atoms with Crippen LogP contribution in [0.3, 0.4) is 0 Å². The standard InChI is InChI=1S/C17H27NO2/c1-4-10-18-16(17(2)9-6-11-20-17)13-14-7-5-8-15(12-14)19-3/h5,7-8,12,16,18H,4,6,9-11,13H2,1-3H3. The Balaban J connectivity index is 2.10. The first-order valence-electron chi connectivity index (χ1n) is 7.68. The van der Waals surface area contributed by atoms with E-state index in [2.05, 4.69) is 37.4 Å². The van der Waals surface area contributed by atoms with Crippen LogP contribution in [-0.4, -0.2) is 31.9 Å². The van der Waals surface area contributed by atoms with Crippen LogP contribution in [0.5, 0.6) is 5.75 Å².